The third kappa shape index (κ3) is 5.31. The van der Waals surface area contributed by atoms with Crippen LogP contribution in [0.3, 0.4) is 0 Å². The maximum absolute atomic E-state index is 12.0. The van der Waals surface area contributed by atoms with E-state index in [1.165, 1.54) is 13.0 Å². The molecule has 1 amide bonds. The third-order valence-electron chi connectivity index (χ3n) is 3.09. The summed E-state index contributed by atoms with van der Waals surface area (Å²) in [6, 6.07) is 9.67. The molecule has 5 nitrogen and oxygen atoms in total. The largest absolute Gasteiger partial charge is 0.354 e. The SMILES string of the molecule is C[C@@H](NS(=O)(=O)c1cccs1)C(=O)NCCc1cccc(Cl)c1. The van der Waals surface area contributed by atoms with E-state index in [0.29, 0.717) is 18.0 Å². The standard InChI is InChI=1S/C15H17ClN2O3S2/c1-11(18-23(20,21)14-6-3-9-22-14)15(19)17-8-7-12-4-2-5-13(16)10-12/h2-6,9-11,18H,7-8H2,1H3,(H,17,19)/t11-/m1/s1. The van der Waals surface area contributed by atoms with Gasteiger partial charge in [-0.2, -0.15) is 4.72 Å². The number of halogens is 1. The predicted octanol–water partition coefficient (Wildman–Crippen LogP) is 2.43. The fourth-order valence-electron chi connectivity index (χ4n) is 1.94. The third-order valence-corrected chi connectivity index (χ3v) is 6.26. The van der Waals surface area contributed by atoms with E-state index in [-0.39, 0.29) is 10.1 Å². The molecule has 0 unspecified atom stereocenters. The Morgan fingerprint density at radius 3 is 2.74 bits per heavy atom. The molecule has 0 saturated heterocycles. The van der Waals surface area contributed by atoms with Crippen LogP contribution in [0, 0.1) is 0 Å². The van der Waals surface area contributed by atoms with Crippen LogP contribution in [0.5, 0.6) is 0 Å². The van der Waals surface area contributed by atoms with Crippen LogP contribution < -0.4 is 10.0 Å². The summed E-state index contributed by atoms with van der Waals surface area (Å²) in [5.41, 5.74) is 1.00. The van der Waals surface area contributed by atoms with Crippen LogP contribution in [0.25, 0.3) is 0 Å². The van der Waals surface area contributed by atoms with Gasteiger partial charge in [0.2, 0.25) is 5.91 Å². The molecule has 1 aromatic heterocycles. The molecule has 0 aliphatic carbocycles. The van der Waals surface area contributed by atoms with Crippen molar-refractivity contribution in [2.45, 2.75) is 23.6 Å². The summed E-state index contributed by atoms with van der Waals surface area (Å²) in [5, 5.41) is 5.03. The van der Waals surface area contributed by atoms with Gasteiger partial charge in [0.25, 0.3) is 10.0 Å². The Morgan fingerprint density at radius 2 is 2.09 bits per heavy atom. The molecule has 0 bridgehead atoms. The lowest BCUT2D eigenvalue weighted by Gasteiger charge is -2.13. The lowest BCUT2D eigenvalue weighted by atomic mass is 10.1. The minimum atomic E-state index is -3.65. The highest BCUT2D eigenvalue weighted by Gasteiger charge is 2.22. The Kier molecular flexibility index (Phi) is 6.17. The first-order valence-corrected chi connectivity index (χ1v) is 9.70. The zero-order chi connectivity index (χ0) is 16.9. The maximum Gasteiger partial charge on any atom is 0.250 e. The molecular weight excluding hydrogens is 356 g/mol. The Balaban J connectivity index is 1.83. The normalized spacial score (nSPS) is 12.8. The second-order valence-electron chi connectivity index (χ2n) is 4.95. The summed E-state index contributed by atoms with van der Waals surface area (Å²) in [4.78, 5) is 12.0. The molecule has 2 N–H and O–H groups in total. The smallest absolute Gasteiger partial charge is 0.250 e. The number of sulfonamides is 1. The van der Waals surface area contributed by atoms with Gasteiger partial charge in [0.15, 0.2) is 0 Å². The Labute approximate surface area is 144 Å². The molecule has 23 heavy (non-hydrogen) atoms. The molecule has 0 saturated carbocycles. The minimum Gasteiger partial charge on any atom is -0.354 e. The first-order chi connectivity index (χ1) is 10.9. The molecule has 1 atom stereocenters. The van der Waals surface area contributed by atoms with Crippen LogP contribution in [-0.4, -0.2) is 26.9 Å². The average molecular weight is 373 g/mol. The van der Waals surface area contributed by atoms with Crippen LogP contribution >= 0.6 is 22.9 Å². The van der Waals surface area contributed by atoms with Crippen molar-refractivity contribution in [2.24, 2.45) is 0 Å². The van der Waals surface area contributed by atoms with Gasteiger partial charge in [-0.25, -0.2) is 8.42 Å². The van der Waals surface area contributed by atoms with E-state index in [9.17, 15) is 13.2 Å². The van der Waals surface area contributed by atoms with E-state index < -0.39 is 16.1 Å². The van der Waals surface area contributed by atoms with Gasteiger partial charge in [0.05, 0.1) is 6.04 Å². The highest BCUT2D eigenvalue weighted by molar-refractivity contribution is 7.91. The van der Waals surface area contributed by atoms with Crippen LogP contribution in [0.4, 0.5) is 0 Å². The molecule has 0 aliphatic heterocycles. The number of carbonyl (C=O) groups is 1. The molecule has 2 rings (SSSR count). The van der Waals surface area contributed by atoms with E-state index in [1.54, 1.807) is 17.5 Å². The van der Waals surface area contributed by atoms with Crippen molar-refractivity contribution in [3.63, 3.8) is 0 Å². The number of amides is 1. The van der Waals surface area contributed by atoms with Crippen LogP contribution in [0.2, 0.25) is 5.02 Å². The summed E-state index contributed by atoms with van der Waals surface area (Å²) in [5.74, 6) is -0.368. The molecule has 1 heterocycles. The van der Waals surface area contributed by atoms with Crippen molar-refractivity contribution in [1.29, 1.82) is 0 Å². The zero-order valence-electron chi connectivity index (χ0n) is 12.5. The van der Waals surface area contributed by atoms with Crippen molar-refractivity contribution in [2.75, 3.05) is 6.54 Å². The molecule has 0 spiro atoms. The maximum atomic E-state index is 12.0. The summed E-state index contributed by atoms with van der Waals surface area (Å²) in [6.07, 6.45) is 0.622. The highest BCUT2D eigenvalue weighted by Crippen LogP contribution is 2.15. The molecule has 124 valence electrons. The van der Waals surface area contributed by atoms with Gasteiger partial charge in [-0.1, -0.05) is 29.8 Å². The quantitative estimate of drug-likeness (QED) is 0.783. The van der Waals surface area contributed by atoms with Gasteiger partial charge in [-0.3, -0.25) is 4.79 Å². The molecule has 0 radical (unpaired) electrons. The number of carbonyl (C=O) groups excluding carboxylic acids is 1. The van der Waals surface area contributed by atoms with Crippen LogP contribution in [-0.2, 0) is 21.2 Å². The second-order valence-corrected chi connectivity index (χ2v) is 8.27. The Bertz CT molecular complexity index is 761. The van der Waals surface area contributed by atoms with Gasteiger partial charge < -0.3 is 5.32 Å². The zero-order valence-corrected chi connectivity index (χ0v) is 14.8. The van der Waals surface area contributed by atoms with E-state index in [4.69, 9.17) is 11.6 Å². The van der Waals surface area contributed by atoms with Crippen molar-refractivity contribution in [3.8, 4) is 0 Å². The lowest BCUT2D eigenvalue weighted by molar-refractivity contribution is -0.122. The van der Waals surface area contributed by atoms with E-state index >= 15 is 0 Å². The van der Waals surface area contributed by atoms with Crippen molar-refractivity contribution >= 4 is 38.9 Å². The number of hydrogen-bond acceptors (Lipinski definition) is 4. The summed E-state index contributed by atoms with van der Waals surface area (Å²) < 4.78 is 26.6. The number of thiophene rings is 1. The van der Waals surface area contributed by atoms with Crippen molar-refractivity contribution in [3.05, 3.63) is 52.4 Å². The minimum absolute atomic E-state index is 0.191. The first kappa shape index (κ1) is 17.9. The number of rotatable bonds is 7. The van der Waals surface area contributed by atoms with E-state index in [1.807, 2.05) is 18.2 Å². The molecule has 2 aromatic rings. The second kappa shape index (κ2) is 7.92. The number of benzene rings is 1. The molecule has 0 aliphatic rings. The average Bonchev–Trinajstić information content (AvgIpc) is 3.02. The summed E-state index contributed by atoms with van der Waals surface area (Å²) in [7, 11) is -3.65. The molecule has 1 aromatic carbocycles. The molecular formula is C15H17ClN2O3S2. The van der Waals surface area contributed by atoms with Gasteiger partial charge in [-0.15, -0.1) is 11.3 Å². The van der Waals surface area contributed by atoms with E-state index in [2.05, 4.69) is 10.0 Å². The Morgan fingerprint density at radius 1 is 1.30 bits per heavy atom. The number of hydrogen-bond donors (Lipinski definition) is 2. The summed E-state index contributed by atoms with van der Waals surface area (Å²) >= 11 is 7.00. The molecule has 0 fully saturated rings. The van der Waals surface area contributed by atoms with Gasteiger partial charge in [-0.05, 0) is 42.5 Å². The Hall–Kier alpha value is -1.41. The fourth-order valence-corrected chi connectivity index (χ4v) is 4.36. The molecule has 8 heteroatoms. The van der Waals surface area contributed by atoms with Crippen molar-refractivity contribution in [1.82, 2.24) is 10.0 Å². The van der Waals surface area contributed by atoms with Crippen LogP contribution in [0.15, 0.2) is 46.0 Å². The van der Waals surface area contributed by atoms with Gasteiger partial charge >= 0.3 is 0 Å². The highest BCUT2D eigenvalue weighted by atomic mass is 35.5. The topological polar surface area (TPSA) is 75.3 Å². The first-order valence-electron chi connectivity index (χ1n) is 6.96. The fraction of sp³-hybridized carbons (Fsp3) is 0.267. The van der Waals surface area contributed by atoms with E-state index in [0.717, 1.165) is 16.9 Å². The van der Waals surface area contributed by atoms with Crippen LogP contribution in [0.1, 0.15) is 12.5 Å². The van der Waals surface area contributed by atoms with Gasteiger partial charge in [0.1, 0.15) is 4.21 Å². The van der Waals surface area contributed by atoms with Gasteiger partial charge in [0, 0.05) is 11.6 Å². The number of nitrogens with one attached hydrogen (secondary N) is 2. The predicted molar refractivity (Wildman–Crippen MR) is 92.3 cm³/mol. The monoisotopic (exact) mass is 372 g/mol. The summed E-state index contributed by atoms with van der Waals surface area (Å²) in [6.45, 7) is 1.92. The lowest BCUT2D eigenvalue weighted by Crippen LogP contribution is -2.45. The van der Waals surface area contributed by atoms with Crippen molar-refractivity contribution < 1.29 is 13.2 Å².